The fraction of sp³-hybridized carbons (Fsp3) is 0.389. The number of ether oxygens (including phenoxy) is 1. The number of aryl methyl sites for hydroxylation is 2. The molecule has 0 bridgehead atoms. The lowest BCUT2D eigenvalue weighted by Crippen LogP contribution is -2.35. The van der Waals surface area contributed by atoms with Gasteiger partial charge in [0.15, 0.2) is 5.76 Å². The highest BCUT2D eigenvalue weighted by molar-refractivity contribution is 7.81. The van der Waals surface area contributed by atoms with Crippen LogP contribution in [-0.4, -0.2) is 42.1 Å². The Morgan fingerprint density at radius 3 is 3.04 bits per heavy atom. The summed E-state index contributed by atoms with van der Waals surface area (Å²) in [4.78, 5) is 25.2. The van der Waals surface area contributed by atoms with Crippen LogP contribution in [0.4, 0.5) is 10.5 Å². The van der Waals surface area contributed by atoms with Crippen molar-refractivity contribution in [2.45, 2.75) is 25.4 Å². The molecule has 4 rings (SSSR count). The zero-order chi connectivity index (χ0) is 18.1. The Balaban J connectivity index is 1.53. The minimum Gasteiger partial charge on any atom is -0.442 e. The monoisotopic (exact) mass is 373 g/mol. The van der Waals surface area contributed by atoms with Crippen molar-refractivity contribution in [1.29, 1.82) is 0 Å². The van der Waals surface area contributed by atoms with E-state index in [1.54, 1.807) is 11.1 Å². The molecule has 2 heterocycles. The number of nitrogens with zero attached hydrogens (tertiary/aromatic N) is 2. The van der Waals surface area contributed by atoms with Crippen molar-refractivity contribution in [1.82, 2.24) is 10.5 Å². The van der Waals surface area contributed by atoms with Crippen LogP contribution in [0.1, 0.15) is 17.5 Å². The van der Waals surface area contributed by atoms with Gasteiger partial charge in [0, 0.05) is 16.8 Å². The molecule has 1 unspecified atom stereocenters. The highest BCUT2D eigenvalue weighted by Crippen LogP contribution is 2.35. The zero-order valence-electron chi connectivity index (χ0n) is 14.1. The molecule has 136 valence electrons. The summed E-state index contributed by atoms with van der Waals surface area (Å²) in [5.41, 5.74) is 4.08. The average Bonchev–Trinajstić information content (AvgIpc) is 3.22. The molecule has 1 fully saturated rings. The molecule has 1 N–H and O–H groups in total. The number of fused-ring (bicyclic) bond motifs is 3. The number of nitrogens with one attached hydrogen (secondary N) is 1. The third-order valence-corrected chi connectivity index (χ3v) is 5.01. The number of thiol groups is 1. The molecule has 7 nitrogen and oxygen atoms in total. The normalized spacial score (nSPS) is 18.7. The number of anilines is 1. The van der Waals surface area contributed by atoms with E-state index in [0.29, 0.717) is 6.54 Å². The molecular weight excluding hydrogens is 354 g/mol. The highest BCUT2D eigenvalue weighted by atomic mass is 32.1. The molecule has 1 atom stereocenters. The first-order valence-corrected chi connectivity index (χ1v) is 9.21. The minimum atomic E-state index is -0.399. The van der Waals surface area contributed by atoms with Gasteiger partial charge in [0.25, 0.3) is 0 Å². The Hall–Kier alpha value is -2.48. The molecule has 26 heavy (non-hydrogen) atoms. The molecule has 1 aliphatic heterocycles. The number of benzene rings is 1. The second-order valence-electron chi connectivity index (χ2n) is 6.45. The number of aromatic nitrogens is 1. The summed E-state index contributed by atoms with van der Waals surface area (Å²) < 4.78 is 10.8. The van der Waals surface area contributed by atoms with Crippen LogP contribution < -0.4 is 10.2 Å². The first kappa shape index (κ1) is 17.0. The van der Waals surface area contributed by atoms with Gasteiger partial charge in [-0.15, -0.1) is 0 Å². The number of carbonyl (C=O) groups is 2. The van der Waals surface area contributed by atoms with Crippen LogP contribution in [-0.2, 0) is 22.4 Å². The van der Waals surface area contributed by atoms with Gasteiger partial charge in [0.2, 0.25) is 5.91 Å². The largest absolute Gasteiger partial charge is 0.442 e. The first-order chi connectivity index (χ1) is 12.7. The van der Waals surface area contributed by atoms with Crippen molar-refractivity contribution >= 4 is 30.3 Å². The van der Waals surface area contributed by atoms with E-state index < -0.39 is 6.09 Å². The number of cyclic esters (lactones) is 1. The van der Waals surface area contributed by atoms with Crippen molar-refractivity contribution in [2.24, 2.45) is 0 Å². The first-order valence-electron chi connectivity index (χ1n) is 8.58. The number of carbonyl (C=O) groups excluding carboxylic acids is 2. The Morgan fingerprint density at radius 1 is 1.35 bits per heavy atom. The van der Waals surface area contributed by atoms with Crippen LogP contribution in [0.25, 0.3) is 11.3 Å². The Bertz CT molecular complexity index is 851. The fourth-order valence-corrected chi connectivity index (χ4v) is 3.54. The number of hydrogen-bond donors (Lipinski definition) is 2. The van der Waals surface area contributed by atoms with E-state index in [0.717, 1.165) is 47.4 Å². The van der Waals surface area contributed by atoms with E-state index in [1.165, 1.54) is 0 Å². The maximum atomic E-state index is 12.2. The maximum Gasteiger partial charge on any atom is 0.414 e. The summed E-state index contributed by atoms with van der Waals surface area (Å²) in [5.74, 6) is 0.745. The molecule has 1 aromatic carbocycles. The van der Waals surface area contributed by atoms with Gasteiger partial charge < -0.3 is 14.6 Å². The Kier molecular flexibility index (Phi) is 4.58. The van der Waals surface area contributed by atoms with Crippen molar-refractivity contribution in [3.05, 3.63) is 35.5 Å². The fourth-order valence-electron chi connectivity index (χ4n) is 3.43. The van der Waals surface area contributed by atoms with E-state index in [9.17, 15) is 9.59 Å². The summed E-state index contributed by atoms with van der Waals surface area (Å²) in [6.45, 7) is 0.687. The molecular formula is C18H19N3O4S. The molecule has 1 aromatic heterocycles. The summed E-state index contributed by atoms with van der Waals surface area (Å²) >= 11 is 3.91. The molecule has 1 aliphatic carbocycles. The van der Waals surface area contributed by atoms with Gasteiger partial charge in [-0.25, -0.2) is 4.79 Å². The predicted octanol–water partition coefficient (Wildman–Crippen LogP) is 2.20. The maximum absolute atomic E-state index is 12.2. The summed E-state index contributed by atoms with van der Waals surface area (Å²) in [7, 11) is 0. The van der Waals surface area contributed by atoms with Crippen LogP contribution in [0.15, 0.2) is 28.9 Å². The molecule has 2 aliphatic rings. The molecule has 2 amide bonds. The molecule has 0 spiro atoms. The molecule has 8 heteroatoms. The molecule has 0 saturated carbocycles. The van der Waals surface area contributed by atoms with Crippen molar-refractivity contribution in [3.8, 4) is 11.3 Å². The summed E-state index contributed by atoms with van der Waals surface area (Å²) in [6.07, 6.45) is 3.86. The van der Waals surface area contributed by atoms with E-state index in [4.69, 9.17) is 9.26 Å². The van der Waals surface area contributed by atoms with Gasteiger partial charge in [-0.05, 0) is 43.0 Å². The number of rotatable bonds is 4. The van der Waals surface area contributed by atoms with Crippen molar-refractivity contribution in [3.63, 3.8) is 0 Å². The van der Waals surface area contributed by atoms with Crippen LogP contribution in [0, 0.1) is 0 Å². The highest BCUT2D eigenvalue weighted by Gasteiger charge is 2.33. The quantitative estimate of drug-likeness (QED) is 0.803. The van der Waals surface area contributed by atoms with Gasteiger partial charge >= 0.3 is 6.09 Å². The zero-order valence-corrected chi connectivity index (χ0v) is 15.0. The van der Waals surface area contributed by atoms with Crippen LogP contribution in [0.5, 0.6) is 0 Å². The summed E-state index contributed by atoms with van der Waals surface area (Å²) in [5, 5.41) is 6.60. The minimum absolute atomic E-state index is 0.110. The third-order valence-electron chi connectivity index (χ3n) is 4.73. The van der Waals surface area contributed by atoms with E-state index in [-0.39, 0.29) is 24.3 Å². The SMILES string of the molecule is O=C(CS)NCC1CN(c2ccc3c(c2)CCCc2cnoc2-3)C(=O)O1. The predicted molar refractivity (Wildman–Crippen MR) is 98.4 cm³/mol. The van der Waals surface area contributed by atoms with Crippen LogP contribution in [0.3, 0.4) is 0 Å². The molecule has 2 aromatic rings. The van der Waals surface area contributed by atoms with Crippen LogP contribution >= 0.6 is 12.6 Å². The van der Waals surface area contributed by atoms with Gasteiger partial charge in [0.05, 0.1) is 25.0 Å². The standard InChI is InChI=1S/C18H19N3O4S/c22-16(10-26)19-8-14-9-21(18(23)24-14)13-4-5-15-11(6-13)2-1-3-12-7-20-25-17(12)15/h4-7,14,26H,1-3,8-10H2,(H,19,22). The molecule has 1 saturated heterocycles. The second kappa shape index (κ2) is 7.03. The molecule has 0 radical (unpaired) electrons. The van der Waals surface area contributed by atoms with Gasteiger partial charge in [-0.1, -0.05) is 5.16 Å². The van der Waals surface area contributed by atoms with E-state index in [2.05, 4.69) is 23.1 Å². The Morgan fingerprint density at radius 2 is 2.19 bits per heavy atom. The van der Waals surface area contributed by atoms with E-state index in [1.807, 2.05) is 18.2 Å². The average molecular weight is 373 g/mol. The smallest absolute Gasteiger partial charge is 0.414 e. The van der Waals surface area contributed by atoms with Gasteiger partial charge in [-0.3, -0.25) is 9.69 Å². The number of amides is 2. The van der Waals surface area contributed by atoms with E-state index >= 15 is 0 Å². The van der Waals surface area contributed by atoms with Crippen molar-refractivity contribution < 1.29 is 18.8 Å². The van der Waals surface area contributed by atoms with Gasteiger partial charge in [-0.2, -0.15) is 12.6 Å². The lowest BCUT2D eigenvalue weighted by molar-refractivity contribution is -0.118. The Labute approximate surface area is 156 Å². The summed E-state index contributed by atoms with van der Waals surface area (Å²) in [6, 6.07) is 5.89. The lowest BCUT2D eigenvalue weighted by atomic mass is 10.0. The van der Waals surface area contributed by atoms with Crippen molar-refractivity contribution in [2.75, 3.05) is 23.7 Å². The van der Waals surface area contributed by atoms with Gasteiger partial charge in [0.1, 0.15) is 6.10 Å². The second-order valence-corrected chi connectivity index (χ2v) is 6.77. The topological polar surface area (TPSA) is 84.7 Å². The van der Waals surface area contributed by atoms with Crippen LogP contribution in [0.2, 0.25) is 0 Å². The third kappa shape index (κ3) is 3.16. The lowest BCUT2D eigenvalue weighted by Gasteiger charge is -2.15. The number of hydrogen-bond acceptors (Lipinski definition) is 6.